The van der Waals surface area contributed by atoms with E-state index in [0.717, 1.165) is 63.2 Å². The lowest BCUT2D eigenvalue weighted by atomic mass is 9.81. The van der Waals surface area contributed by atoms with E-state index in [2.05, 4.69) is 16.0 Å². The fourth-order valence-corrected chi connectivity index (χ4v) is 6.10. The summed E-state index contributed by atoms with van der Waals surface area (Å²) in [4.78, 5) is 22.1. The van der Waals surface area contributed by atoms with E-state index >= 15 is 0 Å². The molecule has 5 rings (SSSR count). The van der Waals surface area contributed by atoms with Crippen LogP contribution in [0.1, 0.15) is 36.1 Å². The molecular formula is C23H28N2O4S. The minimum atomic E-state index is -0.263. The van der Waals surface area contributed by atoms with Crippen molar-refractivity contribution in [1.29, 1.82) is 0 Å². The van der Waals surface area contributed by atoms with Gasteiger partial charge < -0.3 is 19.1 Å². The minimum Gasteiger partial charge on any atom is -0.495 e. The summed E-state index contributed by atoms with van der Waals surface area (Å²) < 4.78 is 17.0. The Morgan fingerprint density at radius 1 is 1.23 bits per heavy atom. The monoisotopic (exact) mass is 428 g/mol. The Bertz CT molecular complexity index is 896. The van der Waals surface area contributed by atoms with E-state index in [1.165, 1.54) is 15.3 Å². The Balaban J connectivity index is 1.33. The number of aromatic nitrogens is 1. The fraction of sp³-hybridized carbons (Fsp3) is 0.565. The molecule has 2 aromatic rings. The van der Waals surface area contributed by atoms with E-state index in [1.54, 1.807) is 13.3 Å². The van der Waals surface area contributed by atoms with Crippen LogP contribution in [0.5, 0.6) is 5.75 Å². The highest BCUT2D eigenvalue weighted by Crippen LogP contribution is 2.46. The topological polar surface area (TPSA) is 60.9 Å². The highest BCUT2D eigenvalue weighted by molar-refractivity contribution is 7.15. The first-order valence-electron chi connectivity index (χ1n) is 10.8. The number of amides is 1. The summed E-state index contributed by atoms with van der Waals surface area (Å²) in [7, 11) is 1.65. The number of carbonyl (C=O) groups is 1. The summed E-state index contributed by atoms with van der Waals surface area (Å²) in [5.74, 6) is 1.20. The zero-order valence-electron chi connectivity index (χ0n) is 17.4. The molecule has 0 aliphatic carbocycles. The van der Waals surface area contributed by atoms with Crippen LogP contribution >= 0.6 is 11.3 Å². The van der Waals surface area contributed by atoms with Crippen molar-refractivity contribution in [2.45, 2.75) is 37.7 Å². The van der Waals surface area contributed by atoms with Crippen molar-refractivity contribution in [3.8, 4) is 16.3 Å². The van der Waals surface area contributed by atoms with E-state index in [-0.39, 0.29) is 11.5 Å². The molecule has 30 heavy (non-hydrogen) atoms. The van der Waals surface area contributed by atoms with Crippen LogP contribution in [-0.4, -0.2) is 55.8 Å². The highest BCUT2D eigenvalue weighted by atomic mass is 32.1. The summed E-state index contributed by atoms with van der Waals surface area (Å²) >= 11 is 1.82. The van der Waals surface area contributed by atoms with Crippen LogP contribution in [0.4, 0.5) is 0 Å². The zero-order valence-corrected chi connectivity index (χ0v) is 18.2. The summed E-state index contributed by atoms with van der Waals surface area (Å²) in [6, 6.07) is 6.23. The van der Waals surface area contributed by atoms with Crippen LogP contribution in [0.2, 0.25) is 0 Å². The van der Waals surface area contributed by atoms with Crippen molar-refractivity contribution in [3.05, 3.63) is 34.8 Å². The molecule has 0 N–H and O–H groups in total. The average molecular weight is 429 g/mol. The predicted octanol–water partition coefficient (Wildman–Crippen LogP) is 3.64. The lowest BCUT2D eigenvalue weighted by molar-refractivity contribution is -0.147. The van der Waals surface area contributed by atoms with Gasteiger partial charge >= 0.3 is 0 Å². The van der Waals surface area contributed by atoms with Crippen molar-refractivity contribution >= 4 is 17.2 Å². The number of carbonyl (C=O) groups excluding carboxylic acids is 1. The van der Waals surface area contributed by atoms with Crippen LogP contribution in [-0.2, 0) is 26.3 Å². The number of likely N-dealkylation sites (tertiary alicyclic amines) is 1. The normalized spacial score (nSPS) is 21.4. The van der Waals surface area contributed by atoms with E-state index in [1.807, 2.05) is 23.5 Å². The molecule has 2 fully saturated rings. The van der Waals surface area contributed by atoms with Gasteiger partial charge in [-0.1, -0.05) is 0 Å². The van der Waals surface area contributed by atoms with Gasteiger partial charge in [-0.25, -0.2) is 0 Å². The molecule has 3 aliphatic rings. The van der Waals surface area contributed by atoms with Gasteiger partial charge in [-0.3, -0.25) is 9.78 Å². The quantitative estimate of drug-likeness (QED) is 0.747. The fourth-order valence-electron chi connectivity index (χ4n) is 4.89. The van der Waals surface area contributed by atoms with Crippen LogP contribution in [0.25, 0.3) is 10.6 Å². The van der Waals surface area contributed by atoms with Gasteiger partial charge in [0, 0.05) is 43.5 Å². The molecule has 160 valence electrons. The summed E-state index contributed by atoms with van der Waals surface area (Å²) in [6.07, 6.45) is 6.14. The van der Waals surface area contributed by atoms with Gasteiger partial charge in [0.25, 0.3) is 0 Å². The Labute approximate surface area is 181 Å². The number of hydrogen-bond donors (Lipinski definition) is 0. The van der Waals surface area contributed by atoms with Crippen LogP contribution < -0.4 is 4.74 Å². The van der Waals surface area contributed by atoms with Gasteiger partial charge in [0.2, 0.25) is 5.91 Å². The largest absolute Gasteiger partial charge is 0.495 e. The maximum absolute atomic E-state index is 12.9. The standard InChI is InChI=1S/C23H28N2O4S/c1-27-17-2-3-19(24-15-17)21-14-18-20(30-21)6-13-29-23(18)7-9-25(10-8-23)22(26)16-4-11-28-12-5-16/h2-3,14-16H,4-13H2,1H3. The first-order valence-corrected chi connectivity index (χ1v) is 11.6. The molecule has 1 amide bonds. The Hall–Kier alpha value is -1.96. The third-order valence-electron chi connectivity index (χ3n) is 6.69. The van der Waals surface area contributed by atoms with E-state index in [9.17, 15) is 4.79 Å². The lowest BCUT2D eigenvalue weighted by Gasteiger charge is -2.44. The number of rotatable bonds is 3. The lowest BCUT2D eigenvalue weighted by Crippen LogP contribution is -2.49. The molecule has 3 aliphatic heterocycles. The third kappa shape index (κ3) is 3.63. The van der Waals surface area contributed by atoms with Gasteiger partial charge in [0.1, 0.15) is 5.75 Å². The van der Waals surface area contributed by atoms with Gasteiger partial charge in [-0.15, -0.1) is 11.3 Å². The van der Waals surface area contributed by atoms with Crippen LogP contribution in [0, 0.1) is 5.92 Å². The second-order valence-corrected chi connectivity index (χ2v) is 9.47. The molecule has 0 aromatic carbocycles. The third-order valence-corrected chi connectivity index (χ3v) is 7.90. The molecule has 0 bridgehead atoms. The number of pyridine rings is 1. The summed E-state index contributed by atoms with van der Waals surface area (Å²) in [6.45, 7) is 3.69. The Kier molecular flexibility index (Phi) is 5.52. The van der Waals surface area contributed by atoms with Crippen molar-refractivity contribution in [1.82, 2.24) is 9.88 Å². The van der Waals surface area contributed by atoms with Gasteiger partial charge in [-0.2, -0.15) is 0 Å². The van der Waals surface area contributed by atoms with Crippen LogP contribution in [0.15, 0.2) is 24.4 Å². The number of methoxy groups -OCH3 is 1. The molecule has 5 heterocycles. The molecule has 2 saturated heterocycles. The van der Waals surface area contributed by atoms with Crippen molar-refractivity contribution in [3.63, 3.8) is 0 Å². The minimum absolute atomic E-state index is 0.129. The maximum Gasteiger partial charge on any atom is 0.225 e. The number of thiophene rings is 1. The molecule has 0 radical (unpaired) electrons. The summed E-state index contributed by atoms with van der Waals surface area (Å²) in [5, 5.41) is 0. The first-order chi connectivity index (χ1) is 14.7. The van der Waals surface area contributed by atoms with E-state index in [0.29, 0.717) is 19.1 Å². The second-order valence-electron chi connectivity index (χ2n) is 8.34. The molecule has 0 atom stereocenters. The molecule has 0 saturated carbocycles. The number of hydrogen-bond acceptors (Lipinski definition) is 6. The van der Waals surface area contributed by atoms with Crippen molar-refractivity contribution in [2.75, 3.05) is 40.0 Å². The van der Waals surface area contributed by atoms with E-state index < -0.39 is 0 Å². The smallest absolute Gasteiger partial charge is 0.225 e. The van der Waals surface area contributed by atoms with Gasteiger partial charge in [0.05, 0.1) is 36.1 Å². The molecular weight excluding hydrogens is 400 g/mol. The molecule has 6 nitrogen and oxygen atoms in total. The number of fused-ring (bicyclic) bond motifs is 2. The molecule has 1 spiro atoms. The van der Waals surface area contributed by atoms with Crippen molar-refractivity contribution < 1.29 is 19.0 Å². The number of ether oxygens (including phenoxy) is 3. The SMILES string of the molecule is COc1ccc(-c2cc3c(s2)CCOC32CCN(C(=O)C3CCOCC3)CC2)nc1. The predicted molar refractivity (Wildman–Crippen MR) is 115 cm³/mol. The highest BCUT2D eigenvalue weighted by Gasteiger charge is 2.43. The second kappa shape index (κ2) is 8.29. The average Bonchev–Trinajstić information content (AvgIpc) is 3.26. The first kappa shape index (κ1) is 20.0. The summed E-state index contributed by atoms with van der Waals surface area (Å²) in [5.41, 5.74) is 2.02. The van der Waals surface area contributed by atoms with Crippen LogP contribution in [0.3, 0.4) is 0 Å². The van der Waals surface area contributed by atoms with Gasteiger partial charge in [0.15, 0.2) is 0 Å². The van der Waals surface area contributed by atoms with Crippen molar-refractivity contribution in [2.24, 2.45) is 5.92 Å². The number of nitrogens with zero attached hydrogens (tertiary/aromatic N) is 2. The Morgan fingerprint density at radius 2 is 2.03 bits per heavy atom. The Morgan fingerprint density at radius 3 is 2.73 bits per heavy atom. The molecule has 0 unspecified atom stereocenters. The number of piperidine rings is 1. The zero-order chi connectivity index (χ0) is 20.6. The maximum atomic E-state index is 12.9. The molecule has 2 aromatic heterocycles. The van der Waals surface area contributed by atoms with Gasteiger partial charge in [-0.05, 0) is 49.4 Å². The molecule has 7 heteroatoms. The van der Waals surface area contributed by atoms with E-state index in [4.69, 9.17) is 14.2 Å².